The molecule has 6 nitrogen and oxygen atoms in total. The van der Waals surface area contributed by atoms with Crippen LogP contribution in [-0.4, -0.2) is 53.9 Å². The minimum atomic E-state index is -0.253. The minimum Gasteiger partial charge on any atom is -0.353 e. The van der Waals surface area contributed by atoms with E-state index < -0.39 is 0 Å². The van der Waals surface area contributed by atoms with E-state index in [9.17, 15) is 9.18 Å². The molecule has 1 aromatic carbocycles. The van der Waals surface area contributed by atoms with Crippen LogP contribution in [0, 0.1) is 5.82 Å². The van der Waals surface area contributed by atoms with Crippen LogP contribution in [0.25, 0.3) is 0 Å². The van der Waals surface area contributed by atoms with Crippen LogP contribution in [0.2, 0.25) is 0 Å². The largest absolute Gasteiger partial charge is 0.353 e. The van der Waals surface area contributed by atoms with E-state index in [0.717, 1.165) is 37.3 Å². The Bertz CT molecular complexity index is 733. The normalized spacial score (nSPS) is 17.0. The van der Waals surface area contributed by atoms with Gasteiger partial charge in [0.1, 0.15) is 5.82 Å². The molecule has 1 fully saturated rings. The highest BCUT2D eigenvalue weighted by Gasteiger charge is 2.26. The third-order valence-electron chi connectivity index (χ3n) is 4.73. The fraction of sp³-hybridized carbons (Fsp3) is 0.421. The molecule has 26 heavy (non-hydrogen) atoms. The number of likely N-dealkylation sites (N-methyl/N-ethyl adjacent to an activating group) is 1. The van der Waals surface area contributed by atoms with Gasteiger partial charge in [-0.1, -0.05) is 12.1 Å². The van der Waals surface area contributed by atoms with Gasteiger partial charge in [-0.2, -0.15) is 5.10 Å². The molecule has 1 aromatic heterocycles. The highest BCUT2D eigenvalue weighted by molar-refractivity contribution is 5.74. The summed E-state index contributed by atoms with van der Waals surface area (Å²) >= 11 is 0. The van der Waals surface area contributed by atoms with E-state index in [-0.39, 0.29) is 19.3 Å². The first-order valence-corrected chi connectivity index (χ1v) is 8.91. The summed E-state index contributed by atoms with van der Waals surface area (Å²) in [5, 5.41) is 11.0. The third kappa shape index (κ3) is 4.68. The fourth-order valence-corrected chi connectivity index (χ4v) is 3.24. The maximum atomic E-state index is 13.2. The van der Waals surface area contributed by atoms with Crippen molar-refractivity contribution in [3.8, 4) is 0 Å². The van der Waals surface area contributed by atoms with E-state index in [4.69, 9.17) is 0 Å². The van der Waals surface area contributed by atoms with Crippen LogP contribution in [0.1, 0.15) is 19.8 Å². The predicted molar refractivity (Wildman–Crippen MR) is 101 cm³/mol. The molecule has 0 radical (unpaired) electrons. The highest BCUT2D eigenvalue weighted by atomic mass is 19.1. The molecule has 1 aliphatic rings. The summed E-state index contributed by atoms with van der Waals surface area (Å²) in [6.45, 7) is 2.14. The van der Waals surface area contributed by atoms with Crippen molar-refractivity contribution >= 4 is 11.8 Å². The van der Waals surface area contributed by atoms with Gasteiger partial charge in [-0.25, -0.2) is 9.18 Å². The Kier molecular flexibility index (Phi) is 5.99. The summed E-state index contributed by atoms with van der Waals surface area (Å²) in [5.41, 5.74) is 0.874. The Morgan fingerprint density at radius 3 is 3.08 bits per heavy atom. The molecule has 0 bridgehead atoms. The van der Waals surface area contributed by atoms with E-state index >= 15 is 0 Å². The van der Waals surface area contributed by atoms with Crippen molar-refractivity contribution in [2.75, 3.05) is 31.6 Å². The maximum Gasteiger partial charge on any atom is 0.317 e. The van der Waals surface area contributed by atoms with Crippen LogP contribution in [0.4, 0.5) is 15.0 Å². The van der Waals surface area contributed by atoms with Crippen molar-refractivity contribution in [2.45, 2.75) is 25.3 Å². The summed E-state index contributed by atoms with van der Waals surface area (Å²) < 4.78 is 13.2. The van der Waals surface area contributed by atoms with E-state index in [1.54, 1.807) is 17.2 Å². The Morgan fingerprint density at radius 1 is 1.42 bits per heavy atom. The number of nitrogens with one attached hydrogen (secondary N) is 1. The summed E-state index contributed by atoms with van der Waals surface area (Å²) in [7, 11) is 1.82. The van der Waals surface area contributed by atoms with Crippen molar-refractivity contribution in [2.24, 2.45) is 0 Å². The van der Waals surface area contributed by atoms with Crippen LogP contribution >= 0.6 is 0 Å². The Balaban J connectivity index is 0.00000261. The zero-order valence-corrected chi connectivity index (χ0v) is 14.9. The molecule has 0 spiro atoms. The van der Waals surface area contributed by atoms with Crippen molar-refractivity contribution < 1.29 is 10.6 Å². The van der Waals surface area contributed by atoms with Gasteiger partial charge in [-0.3, -0.25) is 0 Å². The molecule has 1 aliphatic heterocycles. The number of halogens is 1. The molecule has 1 N–H and O–H groups in total. The lowest BCUT2D eigenvalue weighted by Crippen LogP contribution is -2.51. The Labute approximate surface area is 154 Å². The number of benzene rings is 1. The highest BCUT2D eigenvalue weighted by Crippen LogP contribution is 2.19. The van der Waals surface area contributed by atoms with Crippen molar-refractivity contribution in [3.05, 3.63) is 54.0 Å². The maximum absolute atomic E-state index is 13.2. The molecule has 2 aromatic rings. The Morgan fingerprint density at radius 2 is 2.31 bits per heavy atom. The second-order valence-corrected chi connectivity index (χ2v) is 6.55. The molecular weight excluding hydrogens is 333 g/mol. The third-order valence-corrected chi connectivity index (χ3v) is 4.73. The summed E-state index contributed by atoms with van der Waals surface area (Å²) in [6, 6.07) is 10.3. The fourth-order valence-electron chi connectivity index (χ4n) is 3.24. The number of urea groups is 1. The van der Waals surface area contributed by atoms with E-state index in [2.05, 4.69) is 20.4 Å². The number of carbonyl (C=O) groups is 1. The minimum absolute atomic E-state index is 0. The topological polar surface area (TPSA) is 61.4 Å². The molecule has 1 unspecified atom stereocenters. The second kappa shape index (κ2) is 8.60. The molecule has 2 heterocycles. The second-order valence-electron chi connectivity index (χ2n) is 6.55. The molecule has 3 rings (SSSR count). The molecule has 1 atom stereocenters. The first kappa shape index (κ1) is 18.1. The van der Waals surface area contributed by atoms with E-state index in [1.807, 2.05) is 25.2 Å². The van der Waals surface area contributed by atoms with Crippen LogP contribution in [0.5, 0.6) is 0 Å². The average Bonchev–Trinajstić information content (AvgIpc) is 2.68. The zero-order valence-electron chi connectivity index (χ0n) is 14.9. The zero-order chi connectivity index (χ0) is 18.4. The lowest BCUT2D eigenvalue weighted by atomic mass is 10.0. The smallest absolute Gasteiger partial charge is 0.317 e. The van der Waals surface area contributed by atoms with Gasteiger partial charge in [0.2, 0.25) is 0 Å². The first-order valence-electron chi connectivity index (χ1n) is 8.91. The number of hydrogen-bond donors (Lipinski definition) is 1. The van der Waals surface area contributed by atoms with Gasteiger partial charge in [-0.15, -0.1) is 5.10 Å². The van der Waals surface area contributed by atoms with Crippen LogP contribution in [0.3, 0.4) is 0 Å². The number of rotatable bonds is 5. The lowest BCUT2D eigenvalue weighted by molar-refractivity contribution is 0.182. The number of amides is 2. The van der Waals surface area contributed by atoms with Crippen LogP contribution in [0.15, 0.2) is 42.6 Å². The molecule has 140 valence electrons. The molecule has 0 saturated carbocycles. The number of hydrogen-bond acceptors (Lipinski definition) is 4. The SMILES string of the molecule is CN(C(=O)NCCc1cccc(F)c1)C1CCCN(c2cccnn2)C1.[HH]. The van der Waals surface area contributed by atoms with Crippen molar-refractivity contribution in [3.63, 3.8) is 0 Å². The monoisotopic (exact) mass is 359 g/mol. The van der Waals surface area contributed by atoms with Gasteiger partial charge < -0.3 is 15.1 Å². The van der Waals surface area contributed by atoms with Gasteiger partial charge in [-0.05, 0) is 49.1 Å². The van der Waals surface area contributed by atoms with Crippen LogP contribution < -0.4 is 10.2 Å². The molecule has 1 saturated heterocycles. The standard InChI is InChI=1S/C19H24FN5O.H2/c1-24(19(26)21-11-9-15-5-2-6-16(20)13-15)17-7-4-12-25(14-17)18-8-3-10-22-23-18;/h2-3,5-6,8,10,13,17H,4,7,9,11-12,14H2,1H3,(H,21,26);1H. The average molecular weight is 359 g/mol. The van der Waals surface area contributed by atoms with Crippen molar-refractivity contribution in [1.29, 1.82) is 0 Å². The van der Waals surface area contributed by atoms with Gasteiger partial charge >= 0.3 is 6.03 Å². The van der Waals surface area contributed by atoms with Gasteiger partial charge in [0, 0.05) is 34.3 Å². The lowest BCUT2D eigenvalue weighted by Gasteiger charge is -2.37. The number of anilines is 1. The number of nitrogens with zero attached hydrogens (tertiary/aromatic N) is 4. The van der Waals surface area contributed by atoms with Gasteiger partial charge in [0.05, 0.1) is 6.04 Å². The molecule has 7 heteroatoms. The quantitative estimate of drug-likeness (QED) is 0.892. The van der Waals surface area contributed by atoms with Gasteiger partial charge in [0.15, 0.2) is 5.82 Å². The van der Waals surface area contributed by atoms with Crippen LogP contribution in [-0.2, 0) is 6.42 Å². The van der Waals surface area contributed by atoms with E-state index in [0.29, 0.717) is 13.0 Å². The summed E-state index contributed by atoms with van der Waals surface area (Å²) in [4.78, 5) is 16.4. The number of aromatic nitrogens is 2. The predicted octanol–water partition coefficient (Wildman–Crippen LogP) is 2.71. The summed E-state index contributed by atoms with van der Waals surface area (Å²) in [6.07, 6.45) is 4.23. The first-order chi connectivity index (χ1) is 12.6. The molecular formula is C19H26FN5O. The van der Waals surface area contributed by atoms with E-state index in [1.165, 1.54) is 12.1 Å². The van der Waals surface area contributed by atoms with Crippen molar-refractivity contribution in [1.82, 2.24) is 20.4 Å². The van der Waals surface area contributed by atoms with Gasteiger partial charge in [0.25, 0.3) is 0 Å². The Hall–Kier alpha value is -2.70. The number of piperidine rings is 1. The summed E-state index contributed by atoms with van der Waals surface area (Å²) in [5.74, 6) is 0.592. The molecule has 0 aliphatic carbocycles. The number of carbonyl (C=O) groups excluding carboxylic acids is 1. The molecule has 2 amide bonds.